The number of rotatable bonds is 5. The van der Waals surface area contributed by atoms with Gasteiger partial charge in [-0.05, 0) is 30.2 Å². The molecule has 3 amide bonds. The van der Waals surface area contributed by atoms with E-state index in [0.717, 1.165) is 4.90 Å². The highest BCUT2D eigenvalue weighted by molar-refractivity contribution is 6.23. The second-order valence-electron chi connectivity index (χ2n) is 6.51. The highest BCUT2D eigenvalue weighted by Gasteiger charge is 2.43. The zero-order valence-corrected chi connectivity index (χ0v) is 14.7. The summed E-state index contributed by atoms with van der Waals surface area (Å²) >= 11 is 0. The molecule has 3 rings (SSSR count). The van der Waals surface area contributed by atoms with Crippen LogP contribution in [0.2, 0.25) is 0 Å². The number of anilines is 1. The summed E-state index contributed by atoms with van der Waals surface area (Å²) in [5.41, 5.74) is 0.786. The van der Waals surface area contributed by atoms with Crippen molar-refractivity contribution in [2.24, 2.45) is 5.92 Å². The molecule has 1 aliphatic heterocycles. The molecular weight excluding hydrogens is 350 g/mol. The Labute approximate surface area is 154 Å². The minimum atomic E-state index is -1.01. The first-order valence-corrected chi connectivity index (χ1v) is 8.33. The van der Waals surface area contributed by atoms with Crippen molar-refractivity contribution in [1.82, 2.24) is 4.90 Å². The number of nitro groups is 1. The van der Waals surface area contributed by atoms with Gasteiger partial charge >= 0.3 is 0 Å². The predicted molar refractivity (Wildman–Crippen MR) is 97.3 cm³/mol. The fourth-order valence-electron chi connectivity index (χ4n) is 3.06. The van der Waals surface area contributed by atoms with Crippen LogP contribution < -0.4 is 5.32 Å². The molecule has 0 aliphatic carbocycles. The van der Waals surface area contributed by atoms with E-state index in [1.165, 1.54) is 24.3 Å². The molecule has 0 saturated carbocycles. The Hall–Kier alpha value is -3.55. The fraction of sp³-hybridized carbons (Fsp3) is 0.211. The lowest BCUT2D eigenvalue weighted by molar-refractivity contribution is -0.384. The predicted octanol–water partition coefficient (Wildman–Crippen LogP) is 2.85. The summed E-state index contributed by atoms with van der Waals surface area (Å²) in [5.74, 6) is -1.88. The van der Waals surface area contributed by atoms with Crippen molar-refractivity contribution in [3.63, 3.8) is 0 Å². The Kier molecular flexibility index (Phi) is 4.72. The third kappa shape index (κ3) is 3.29. The number of hydrogen-bond acceptors (Lipinski definition) is 5. The monoisotopic (exact) mass is 367 g/mol. The van der Waals surface area contributed by atoms with E-state index in [0.29, 0.717) is 5.69 Å². The first-order chi connectivity index (χ1) is 12.8. The molecule has 0 unspecified atom stereocenters. The average Bonchev–Trinajstić information content (AvgIpc) is 2.88. The number of benzene rings is 2. The van der Waals surface area contributed by atoms with Gasteiger partial charge in [0.15, 0.2) is 0 Å². The Morgan fingerprint density at radius 3 is 1.96 bits per heavy atom. The topological polar surface area (TPSA) is 110 Å². The van der Waals surface area contributed by atoms with E-state index in [1.807, 2.05) is 0 Å². The number of nitrogens with zero attached hydrogens (tertiary/aromatic N) is 2. The number of imide groups is 1. The number of fused-ring (bicyclic) bond motifs is 1. The molecule has 8 heteroatoms. The number of hydrogen-bond donors (Lipinski definition) is 1. The van der Waals surface area contributed by atoms with E-state index in [2.05, 4.69) is 5.32 Å². The molecule has 2 aromatic rings. The number of carbonyl (C=O) groups excluding carboxylic acids is 3. The molecule has 0 bridgehead atoms. The highest BCUT2D eigenvalue weighted by atomic mass is 16.6. The largest absolute Gasteiger partial charge is 0.324 e. The highest BCUT2D eigenvalue weighted by Crippen LogP contribution is 2.28. The molecule has 0 fully saturated rings. The van der Waals surface area contributed by atoms with Crippen LogP contribution in [0.25, 0.3) is 0 Å². The van der Waals surface area contributed by atoms with Gasteiger partial charge in [0, 0.05) is 17.8 Å². The lowest BCUT2D eigenvalue weighted by atomic mass is 10.0. The van der Waals surface area contributed by atoms with Gasteiger partial charge in [0.1, 0.15) is 6.04 Å². The van der Waals surface area contributed by atoms with Crippen LogP contribution in [0.15, 0.2) is 48.5 Å². The molecule has 2 aromatic carbocycles. The summed E-state index contributed by atoms with van der Waals surface area (Å²) in [6.45, 7) is 3.48. The van der Waals surface area contributed by atoms with Crippen LogP contribution in [-0.2, 0) is 4.79 Å². The molecule has 1 aliphatic rings. The summed E-state index contributed by atoms with van der Waals surface area (Å²) in [5, 5.41) is 13.3. The Balaban J connectivity index is 1.86. The van der Waals surface area contributed by atoms with Crippen molar-refractivity contribution < 1.29 is 19.3 Å². The molecule has 138 valence electrons. The second-order valence-corrected chi connectivity index (χ2v) is 6.51. The minimum Gasteiger partial charge on any atom is -0.324 e. The van der Waals surface area contributed by atoms with Crippen LogP contribution in [0, 0.1) is 16.0 Å². The van der Waals surface area contributed by atoms with E-state index in [4.69, 9.17) is 0 Å². The van der Waals surface area contributed by atoms with E-state index in [1.54, 1.807) is 38.1 Å². The summed E-state index contributed by atoms with van der Waals surface area (Å²) in [6, 6.07) is 10.8. The van der Waals surface area contributed by atoms with E-state index >= 15 is 0 Å². The van der Waals surface area contributed by atoms with Gasteiger partial charge in [-0.25, -0.2) is 0 Å². The lowest BCUT2D eigenvalue weighted by Crippen LogP contribution is -2.50. The molecule has 0 saturated heterocycles. The third-order valence-corrected chi connectivity index (χ3v) is 4.35. The number of carbonyl (C=O) groups is 3. The second kappa shape index (κ2) is 6.99. The Bertz CT molecular complexity index is 902. The van der Waals surface area contributed by atoms with Crippen LogP contribution in [0.4, 0.5) is 11.4 Å². The van der Waals surface area contributed by atoms with E-state index in [9.17, 15) is 24.5 Å². The smallest absolute Gasteiger partial charge is 0.269 e. The zero-order valence-electron chi connectivity index (χ0n) is 14.7. The van der Waals surface area contributed by atoms with Crippen LogP contribution >= 0.6 is 0 Å². The van der Waals surface area contributed by atoms with Gasteiger partial charge in [-0.1, -0.05) is 26.0 Å². The number of amides is 3. The van der Waals surface area contributed by atoms with Crippen LogP contribution in [0.5, 0.6) is 0 Å². The van der Waals surface area contributed by atoms with Crippen molar-refractivity contribution >= 4 is 29.1 Å². The van der Waals surface area contributed by atoms with Crippen molar-refractivity contribution in [2.75, 3.05) is 5.32 Å². The Morgan fingerprint density at radius 2 is 1.52 bits per heavy atom. The third-order valence-electron chi connectivity index (χ3n) is 4.35. The van der Waals surface area contributed by atoms with Gasteiger partial charge in [-0.2, -0.15) is 0 Å². The molecule has 0 spiro atoms. The molecule has 0 radical (unpaired) electrons. The maximum atomic E-state index is 12.8. The standard InChI is InChI=1S/C19H17N3O5/c1-11(2)16(17(23)20-12-7-9-13(10-8-12)22(26)27)21-18(24)14-5-3-4-6-15(14)19(21)25/h3-11,16H,1-2H3,(H,20,23)/t16-/m0/s1. The molecule has 27 heavy (non-hydrogen) atoms. The molecular formula is C19H17N3O5. The maximum Gasteiger partial charge on any atom is 0.269 e. The average molecular weight is 367 g/mol. The van der Waals surface area contributed by atoms with Crippen LogP contribution in [0.1, 0.15) is 34.6 Å². The van der Waals surface area contributed by atoms with Crippen LogP contribution in [-0.4, -0.2) is 33.6 Å². The summed E-state index contributed by atoms with van der Waals surface area (Å²) < 4.78 is 0. The van der Waals surface area contributed by atoms with Crippen molar-refractivity contribution in [2.45, 2.75) is 19.9 Å². The van der Waals surface area contributed by atoms with Crippen molar-refractivity contribution in [3.8, 4) is 0 Å². The molecule has 0 aromatic heterocycles. The molecule has 1 N–H and O–H groups in total. The van der Waals surface area contributed by atoms with Crippen molar-refractivity contribution in [3.05, 3.63) is 69.8 Å². The lowest BCUT2D eigenvalue weighted by Gasteiger charge is -2.28. The molecule has 1 atom stereocenters. The normalized spacial score (nSPS) is 14.3. The van der Waals surface area contributed by atoms with Gasteiger partial charge in [-0.3, -0.25) is 29.4 Å². The quantitative estimate of drug-likeness (QED) is 0.496. The van der Waals surface area contributed by atoms with Gasteiger partial charge in [0.2, 0.25) is 5.91 Å². The van der Waals surface area contributed by atoms with E-state index in [-0.39, 0.29) is 22.7 Å². The van der Waals surface area contributed by atoms with Gasteiger partial charge < -0.3 is 5.32 Å². The number of nitro benzene ring substituents is 1. The SMILES string of the molecule is CC(C)[C@@H](C(=O)Nc1ccc([N+](=O)[O-])cc1)N1C(=O)c2ccccc2C1=O. The maximum absolute atomic E-state index is 12.8. The summed E-state index contributed by atoms with van der Waals surface area (Å²) in [7, 11) is 0. The summed E-state index contributed by atoms with van der Waals surface area (Å²) in [6.07, 6.45) is 0. The van der Waals surface area contributed by atoms with Gasteiger partial charge in [0.25, 0.3) is 17.5 Å². The first-order valence-electron chi connectivity index (χ1n) is 8.33. The molecule has 1 heterocycles. The number of nitrogens with one attached hydrogen (secondary N) is 1. The Morgan fingerprint density at radius 1 is 1.00 bits per heavy atom. The van der Waals surface area contributed by atoms with E-state index < -0.39 is 28.7 Å². The van der Waals surface area contributed by atoms with Crippen LogP contribution in [0.3, 0.4) is 0 Å². The van der Waals surface area contributed by atoms with Gasteiger partial charge in [-0.15, -0.1) is 0 Å². The first kappa shape index (κ1) is 18.2. The summed E-state index contributed by atoms with van der Waals surface area (Å²) in [4.78, 5) is 49.3. The van der Waals surface area contributed by atoms with Gasteiger partial charge in [0.05, 0.1) is 16.1 Å². The zero-order chi connectivity index (χ0) is 19.7. The number of non-ortho nitro benzene ring substituents is 1. The minimum absolute atomic E-state index is 0.103. The molecule has 8 nitrogen and oxygen atoms in total. The van der Waals surface area contributed by atoms with Crippen molar-refractivity contribution in [1.29, 1.82) is 0 Å². The fourth-order valence-corrected chi connectivity index (χ4v) is 3.06.